The first-order valence-corrected chi connectivity index (χ1v) is 5.28. The van der Waals surface area contributed by atoms with Gasteiger partial charge >= 0.3 is 0 Å². The van der Waals surface area contributed by atoms with Crippen LogP contribution < -0.4 is 0 Å². The Morgan fingerprint density at radius 3 is 2.75 bits per heavy atom. The lowest BCUT2D eigenvalue weighted by atomic mass is 10.2. The second-order valence-corrected chi connectivity index (χ2v) is 3.47. The molecule has 2 heterocycles. The molecule has 0 saturated heterocycles. The zero-order chi connectivity index (χ0) is 11.4. The van der Waals surface area contributed by atoms with Gasteiger partial charge in [-0.05, 0) is 37.6 Å². The first kappa shape index (κ1) is 10.5. The summed E-state index contributed by atoms with van der Waals surface area (Å²) >= 11 is 0. The van der Waals surface area contributed by atoms with Crippen LogP contribution in [0, 0.1) is 0 Å². The van der Waals surface area contributed by atoms with Crippen LogP contribution in [-0.4, -0.2) is 19.7 Å². The number of hydrogen-bond donors (Lipinski definition) is 0. The van der Waals surface area contributed by atoms with Gasteiger partial charge in [0.2, 0.25) is 0 Å². The van der Waals surface area contributed by atoms with Crippen LogP contribution in [0.25, 0.3) is 11.6 Å². The van der Waals surface area contributed by atoms with E-state index in [0.29, 0.717) is 0 Å². The van der Waals surface area contributed by atoms with Crippen LogP contribution in [0.4, 0.5) is 0 Å². The summed E-state index contributed by atoms with van der Waals surface area (Å²) in [4.78, 5) is 8.41. The van der Waals surface area contributed by atoms with E-state index in [2.05, 4.69) is 22.0 Å². The van der Waals surface area contributed by atoms with Gasteiger partial charge in [-0.3, -0.25) is 4.68 Å². The second-order valence-electron chi connectivity index (χ2n) is 3.47. The molecule has 0 saturated carbocycles. The van der Waals surface area contributed by atoms with Gasteiger partial charge in [-0.2, -0.15) is 5.10 Å². The quantitative estimate of drug-likeness (QED) is 0.787. The number of allylic oxidation sites excluding steroid dienone is 1. The molecule has 0 radical (unpaired) electrons. The SMILES string of the molecule is CCn1nccc1C=C(C)c1ncccn1. The average Bonchev–Trinajstić information content (AvgIpc) is 2.77. The molecule has 4 heteroatoms. The molecule has 0 amide bonds. The van der Waals surface area contributed by atoms with E-state index in [1.165, 1.54) is 0 Å². The number of nitrogens with zero attached hydrogens (tertiary/aromatic N) is 4. The molecular weight excluding hydrogens is 200 g/mol. The molecule has 0 aromatic carbocycles. The molecule has 0 unspecified atom stereocenters. The van der Waals surface area contributed by atoms with Gasteiger partial charge in [0.1, 0.15) is 0 Å². The predicted octanol–water partition coefficient (Wildman–Crippen LogP) is 2.25. The summed E-state index contributed by atoms with van der Waals surface area (Å²) < 4.78 is 1.94. The van der Waals surface area contributed by atoms with Crippen molar-refractivity contribution in [3.8, 4) is 0 Å². The summed E-state index contributed by atoms with van der Waals surface area (Å²) in [6.07, 6.45) is 7.34. The summed E-state index contributed by atoms with van der Waals surface area (Å²) in [6.45, 7) is 4.93. The van der Waals surface area contributed by atoms with Crippen LogP contribution in [0.2, 0.25) is 0 Å². The maximum absolute atomic E-state index is 4.21. The monoisotopic (exact) mass is 214 g/mol. The van der Waals surface area contributed by atoms with E-state index < -0.39 is 0 Å². The Morgan fingerprint density at radius 1 is 1.31 bits per heavy atom. The maximum Gasteiger partial charge on any atom is 0.154 e. The molecule has 2 aromatic rings. The van der Waals surface area contributed by atoms with Gasteiger partial charge < -0.3 is 0 Å². The zero-order valence-electron chi connectivity index (χ0n) is 9.46. The van der Waals surface area contributed by atoms with Gasteiger partial charge in [-0.1, -0.05) is 0 Å². The smallest absolute Gasteiger partial charge is 0.154 e. The van der Waals surface area contributed by atoms with Gasteiger partial charge in [-0.15, -0.1) is 0 Å². The molecule has 0 aliphatic carbocycles. The third kappa shape index (κ3) is 2.16. The van der Waals surface area contributed by atoms with Crippen LogP contribution in [0.3, 0.4) is 0 Å². The summed E-state index contributed by atoms with van der Waals surface area (Å²) in [5.41, 5.74) is 2.11. The molecule has 0 aliphatic heterocycles. The fourth-order valence-corrected chi connectivity index (χ4v) is 1.52. The minimum atomic E-state index is 0.756. The highest BCUT2D eigenvalue weighted by atomic mass is 15.3. The first-order valence-electron chi connectivity index (χ1n) is 5.28. The Kier molecular flexibility index (Phi) is 3.10. The number of aryl methyl sites for hydroxylation is 1. The molecule has 82 valence electrons. The third-order valence-corrected chi connectivity index (χ3v) is 2.33. The van der Waals surface area contributed by atoms with Gasteiger partial charge in [0.25, 0.3) is 0 Å². The molecule has 2 aromatic heterocycles. The minimum absolute atomic E-state index is 0.756. The van der Waals surface area contributed by atoms with E-state index in [1.807, 2.05) is 29.8 Å². The lowest BCUT2D eigenvalue weighted by molar-refractivity contribution is 0.654. The topological polar surface area (TPSA) is 43.6 Å². The Balaban J connectivity index is 2.31. The lowest BCUT2D eigenvalue weighted by Crippen LogP contribution is -1.99. The van der Waals surface area contributed by atoms with E-state index in [9.17, 15) is 0 Å². The predicted molar refractivity (Wildman–Crippen MR) is 63.5 cm³/mol. The summed E-state index contributed by atoms with van der Waals surface area (Å²) in [7, 11) is 0. The molecule has 16 heavy (non-hydrogen) atoms. The number of rotatable bonds is 3. The summed E-state index contributed by atoms with van der Waals surface area (Å²) in [5.74, 6) is 0.756. The molecule has 4 nitrogen and oxygen atoms in total. The Hall–Kier alpha value is -1.97. The highest BCUT2D eigenvalue weighted by molar-refractivity contribution is 5.75. The summed E-state index contributed by atoms with van der Waals surface area (Å²) in [6, 6.07) is 3.79. The van der Waals surface area contributed by atoms with E-state index in [4.69, 9.17) is 0 Å². The fraction of sp³-hybridized carbons (Fsp3) is 0.250. The molecule has 0 fully saturated rings. The van der Waals surface area contributed by atoms with Crippen molar-refractivity contribution in [3.63, 3.8) is 0 Å². The Labute approximate surface area is 94.7 Å². The standard InChI is InChI=1S/C12H14N4/c1-3-16-11(5-8-15-16)9-10(2)12-13-6-4-7-14-12/h4-9H,3H2,1-2H3. The highest BCUT2D eigenvalue weighted by Crippen LogP contribution is 2.12. The molecule has 0 atom stereocenters. The van der Waals surface area contributed by atoms with Gasteiger partial charge in [-0.25, -0.2) is 9.97 Å². The third-order valence-electron chi connectivity index (χ3n) is 2.33. The van der Waals surface area contributed by atoms with Crippen molar-refractivity contribution in [1.29, 1.82) is 0 Å². The van der Waals surface area contributed by atoms with Crippen molar-refractivity contribution in [2.24, 2.45) is 0 Å². The molecular formula is C12H14N4. The van der Waals surface area contributed by atoms with Crippen LogP contribution in [0.1, 0.15) is 25.4 Å². The molecule has 0 N–H and O–H groups in total. The van der Waals surface area contributed by atoms with Crippen molar-refractivity contribution < 1.29 is 0 Å². The number of hydrogen-bond acceptors (Lipinski definition) is 3. The van der Waals surface area contributed by atoms with Crippen molar-refractivity contribution in [2.75, 3.05) is 0 Å². The minimum Gasteiger partial charge on any atom is -0.266 e. The fourth-order valence-electron chi connectivity index (χ4n) is 1.52. The Bertz CT molecular complexity index is 485. The van der Waals surface area contributed by atoms with Crippen LogP contribution in [0.15, 0.2) is 30.7 Å². The normalized spacial score (nSPS) is 11.8. The van der Waals surface area contributed by atoms with E-state index in [-0.39, 0.29) is 0 Å². The molecule has 0 aliphatic rings. The van der Waals surface area contributed by atoms with Crippen molar-refractivity contribution in [2.45, 2.75) is 20.4 Å². The largest absolute Gasteiger partial charge is 0.266 e. The van der Waals surface area contributed by atoms with Crippen molar-refractivity contribution in [3.05, 3.63) is 42.2 Å². The lowest BCUT2D eigenvalue weighted by Gasteiger charge is -2.01. The molecule has 0 spiro atoms. The maximum atomic E-state index is 4.21. The van der Waals surface area contributed by atoms with Gasteiger partial charge in [0.05, 0.1) is 5.69 Å². The van der Waals surface area contributed by atoms with Crippen LogP contribution in [-0.2, 0) is 6.54 Å². The average molecular weight is 214 g/mol. The van der Waals surface area contributed by atoms with Gasteiger partial charge in [0.15, 0.2) is 5.82 Å². The first-order chi connectivity index (χ1) is 7.81. The van der Waals surface area contributed by atoms with E-state index in [0.717, 1.165) is 23.6 Å². The highest BCUT2D eigenvalue weighted by Gasteiger charge is 2.01. The van der Waals surface area contributed by atoms with Gasteiger partial charge in [0, 0.05) is 25.1 Å². The Morgan fingerprint density at radius 2 is 2.06 bits per heavy atom. The van der Waals surface area contributed by atoms with Crippen molar-refractivity contribution in [1.82, 2.24) is 19.7 Å². The van der Waals surface area contributed by atoms with Crippen molar-refractivity contribution >= 4 is 11.6 Å². The van der Waals surface area contributed by atoms with Crippen LogP contribution in [0.5, 0.6) is 0 Å². The zero-order valence-corrected chi connectivity index (χ0v) is 9.46. The van der Waals surface area contributed by atoms with E-state index >= 15 is 0 Å². The molecule has 0 bridgehead atoms. The second kappa shape index (κ2) is 4.70. The van der Waals surface area contributed by atoms with E-state index in [1.54, 1.807) is 18.6 Å². The number of aromatic nitrogens is 4. The summed E-state index contributed by atoms with van der Waals surface area (Å²) in [5, 5.41) is 4.21. The molecule has 2 rings (SSSR count). The van der Waals surface area contributed by atoms with Crippen LogP contribution >= 0.6 is 0 Å².